The molecule has 2 amide bonds. The van der Waals surface area contributed by atoms with Crippen molar-refractivity contribution in [2.24, 2.45) is 13.0 Å². The van der Waals surface area contributed by atoms with Crippen molar-refractivity contribution in [1.82, 2.24) is 20.0 Å². The predicted octanol–water partition coefficient (Wildman–Crippen LogP) is 2.90. The molecular formula is C15H23F3N4O. The molecular weight excluding hydrogens is 309 g/mol. The van der Waals surface area contributed by atoms with Crippen molar-refractivity contribution in [2.75, 3.05) is 13.1 Å². The Morgan fingerprint density at radius 2 is 1.96 bits per heavy atom. The topological polar surface area (TPSA) is 50.2 Å². The summed E-state index contributed by atoms with van der Waals surface area (Å²) in [5.74, 6) is -0.450. The largest absolute Gasteiger partial charge is 0.408 e. The van der Waals surface area contributed by atoms with Crippen LogP contribution in [0.15, 0.2) is 12.3 Å². The Labute approximate surface area is 133 Å². The predicted molar refractivity (Wildman–Crippen MR) is 80.0 cm³/mol. The van der Waals surface area contributed by atoms with Crippen LogP contribution in [0.5, 0.6) is 0 Å². The number of aromatic nitrogens is 2. The number of nitrogens with zero attached hydrogens (tertiary/aromatic N) is 3. The third kappa shape index (κ3) is 4.39. The molecule has 0 aromatic carbocycles. The van der Waals surface area contributed by atoms with Gasteiger partial charge < -0.3 is 10.2 Å². The second kappa shape index (κ2) is 6.80. The Kier molecular flexibility index (Phi) is 5.21. The van der Waals surface area contributed by atoms with Crippen molar-refractivity contribution >= 4 is 6.03 Å². The molecule has 1 fully saturated rings. The van der Waals surface area contributed by atoms with Gasteiger partial charge in [-0.1, -0.05) is 13.8 Å². The van der Waals surface area contributed by atoms with Crippen LogP contribution in [-0.4, -0.2) is 46.0 Å². The van der Waals surface area contributed by atoms with E-state index in [4.69, 9.17) is 0 Å². The summed E-state index contributed by atoms with van der Waals surface area (Å²) in [4.78, 5) is 13.6. The van der Waals surface area contributed by atoms with Crippen LogP contribution in [0.2, 0.25) is 0 Å². The number of likely N-dealkylation sites (tertiary alicyclic amines) is 1. The minimum atomic E-state index is -4.43. The van der Waals surface area contributed by atoms with Gasteiger partial charge in [-0.2, -0.15) is 18.3 Å². The Hall–Kier alpha value is -1.73. The third-order valence-corrected chi connectivity index (χ3v) is 4.23. The fourth-order valence-corrected chi connectivity index (χ4v) is 2.88. The van der Waals surface area contributed by atoms with E-state index in [1.807, 2.05) is 19.3 Å². The number of hydrogen-bond donors (Lipinski definition) is 1. The zero-order valence-corrected chi connectivity index (χ0v) is 13.6. The number of alkyl halides is 3. The number of amides is 2. The van der Waals surface area contributed by atoms with E-state index in [-0.39, 0.29) is 5.92 Å². The smallest absolute Gasteiger partial charge is 0.326 e. The molecule has 1 aromatic rings. The SMILES string of the molecule is CC(C)[C@H](NC(=O)N1CCC(c2ccn(C)n2)CC1)C(F)(F)F. The summed E-state index contributed by atoms with van der Waals surface area (Å²) in [5, 5.41) is 6.48. The molecule has 1 N–H and O–H groups in total. The maximum Gasteiger partial charge on any atom is 0.408 e. The van der Waals surface area contributed by atoms with Crippen LogP contribution in [0.1, 0.15) is 38.3 Å². The second-order valence-corrected chi connectivity index (χ2v) is 6.39. The van der Waals surface area contributed by atoms with Gasteiger partial charge in [0.2, 0.25) is 0 Å². The zero-order chi connectivity index (χ0) is 17.2. The van der Waals surface area contributed by atoms with Gasteiger partial charge in [-0.05, 0) is 24.8 Å². The van der Waals surface area contributed by atoms with Gasteiger partial charge >= 0.3 is 12.2 Å². The van der Waals surface area contributed by atoms with E-state index in [0.29, 0.717) is 25.9 Å². The average Bonchev–Trinajstić information content (AvgIpc) is 2.89. The van der Waals surface area contributed by atoms with Gasteiger partial charge in [-0.25, -0.2) is 4.79 Å². The van der Waals surface area contributed by atoms with Crippen LogP contribution in [0.25, 0.3) is 0 Å². The van der Waals surface area contributed by atoms with Crippen LogP contribution in [-0.2, 0) is 7.05 Å². The summed E-state index contributed by atoms with van der Waals surface area (Å²) in [5.41, 5.74) is 0.975. The van der Waals surface area contributed by atoms with Crippen LogP contribution in [0.4, 0.5) is 18.0 Å². The molecule has 0 unspecified atom stereocenters. The summed E-state index contributed by atoms with van der Waals surface area (Å²) >= 11 is 0. The normalized spacial score (nSPS) is 18.3. The van der Waals surface area contributed by atoms with Gasteiger partial charge in [0.1, 0.15) is 6.04 Å². The average molecular weight is 332 g/mol. The molecule has 1 atom stereocenters. The van der Waals surface area contributed by atoms with Crippen LogP contribution >= 0.6 is 0 Å². The quantitative estimate of drug-likeness (QED) is 0.925. The highest BCUT2D eigenvalue weighted by Crippen LogP contribution is 2.28. The molecule has 8 heteroatoms. The standard InChI is InChI=1S/C15H23F3N4O/c1-10(2)13(15(16,17)18)19-14(23)22-8-4-11(5-9-22)12-6-7-21(3)20-12/h6-7,10-11,13H,4-5,8-9H2,1-3H3,(H,19,23)/t13-/m0/s1. The monoisotopic (exact) mass is 332 g/mol. The molecule has 1 aliphatic rings. The van der Waals surface area contributed by atoms with Crippen molar-refractivity contribution in [3.05, 3.63) is 18.0 Å². The molecule has 2 rings (SSSR count). The molecule has 0 aliphatic carbocycles. The molecule has 2 heterocycles. The maximum absolute atomic E-state index is 12.9. The molecule has 1 aliphatic heterocycles. The van der Waals surface area contributed by atoms with Crippen molar-refractivity contribution in [2.45, 2.75) is 44.8 Å². The highest BCUT2D eigenvalue weighted by Gasteiger charge is 2.43. The lowest BCUT2D eigenvalue weighted by molar-refractivity contribution is -0.162. The van der Waals surface area contributed by atoms with E-state index in [2.05, 4.69) is 10.4 Å². The summed E-state index contributed by atoms with van der Waals surface area (Å²) < 4.78 is 40.5. The number of carbonyl (C=O) groups excluding carboxylic acids is 1. The van der Waals surface area contributed by atoms with E-state index in [1.165, 1.54) is 18.7 Å². The number of hydrogen-bond acceptors (Lipinski definition) is 2. The fraction of sp³-hybridized carbons (Fsp3) is 0.733. The van der Waals surface area contributed by atoms with Crippen molar-refractivity contribution in [1.29, 1.82) is 0 Å². The highest BCUT2D eigenvalue weighted by atomic mass is 19.4. The lowest BCUT2D eigenvalue weighted by atomic mass is 9.94. The van der Waals surface area contributed by atoms with Crippen molar-refractivity contribution in [3.63, 3.8) is 0 Å². The van der Waals surface area contributed by atoms with Gasteiger partial charge in [-0.15, -0.1) is 0 Å². The van der Waals surface area contributed by atoms with Gasteiger partial charge in [0.25, 0.3) is 0 Å². The minimum absolute atomic E-state index is 0.253. The number of halogens is 3. The Balaban J connectivity index is 1.90. The summed E-state index contributed by atoms with van der Waals surface area (Å²) in [6, 6.07) is -0.511. The molecule has 0 bridgehead atoms. The van der Waals surface area contributed by atoms with Crippen LogP contribution < -0.4 is 5.32 Å². The first-order chi connectivity index (χ1) is 10.7. The first-order valence-corrected chi connectivity index (χ1v) is 7.80. The van der Waals surface area contributed by atoms with Crippen molar-refractivity contribution in [3.8, 4) is 0 Å². The summed E-state index contributed by atoms with van der Waals surface area (Å²) in [7, 11) is 1.84. The lowest BCUT2D eigenvalue weighted by Crippen LogP contribution is -2.54. The van der Waals surface area contributed by atoms with E-state index in [1.54, 1.807) is 4.68 Å². The molecule has 130 valence electrons. The fourth-order valence-electron chi connectivity index (χ4n) is 2.88. The first kappa shape index (κ1) is 17.6. The number of aryl methyl sites for hydroxylation is 1. The molecule has 0 saturated carbocycles. The van der Waals surface area contributed by atoms with Crippen LogP contribution in [0, 0.1) is 5.92 Å². The number of piperidine rings is 1. The minimum Gasteiger partial charge on any atom is -0.326 e. The molecule has 23 heavy (non-hydrogen) atoms. The third-order valence-electron chi connectivity index (χ3n) is 4.23. The van der Waals surface area contributed by atoms with Gasteiger partial charge in [0.15, 0.2) is 0 Å². The second-order valence-electron chi connectivity index (χ2n) is 6.39. The molecule has 1 aromatic heterocycles. The Bertz CT molecular complexity index is 533. The molecule has 5 nitrogen and oxygen atoms in total. The summed E-state index contributed by atoms with van der Waals surface area (Å²) in [6.45, 7) is 3.78. The van der Waals surface area contributed by atoms with Gasteiger partial charge in [-0.3, -0.25) is 4.68 Å². The van der Waals surface area contributed by atoms with E-state index >= 15 is 0 Å². The van der Waals surface area contributed by atoms with Crippen LogP contribution in [0.3, 0.4) is 0 Å². The highest BCUT2D eigenvalue weighted by molar-refractivity contribution is 5.74. The van der Waals surface area contributed by atoms with E-state index in [0.717, 1.165) is 5.69 Å². The maximum atomic E-state index is 12.9. The number of nitrogens with one attached hydrogen (secondary N) is 1. The number of rotatable bonds is 3. The Morgan fingerprint density at radius 3 is 2.39 bits per heavy atom. The van der Waals surface area contributed by atoms with E-state index in [9.17, 15) is 18.0 Å². The zero-order valence-electron chi connectivity index (χ0n) is 13.6. The van der Waals surface area contributed by atoms with Crippen molar-refractivity contribution < 1.29 is 18.0 Å². The van der Waals surface area contributed by atoms with Gasteiger partial charge in [0, 0.05) is 32.3 Å². The lowest BCUT2D eigenvalue weighted by Gasteiger charge is -2.34. The molecule has 0 spiro atoms. The van der Waals surface area contributed by atoms with E-state index < -0.39 is 24.2 Å². The molecule has 0 radical (unpaired) electrons. The van der Waals surface area contributed by atoms with Gasteiger partial charge in [0.05, 0.1) is 5.69 Å². The Morgan fingerprint density at radius 1 is 1.35 bits per heavy atom. The number of urea groups is 1. The molecule has 1 saturated heterocycles. The summed E-state index contributed by atoms with van der Waals surface area (Å²) in [6.07, 6.45) is -1.15. The first-order valence-electron chi connectivity index (χ1n) is 7.80. The number of carbonyl (C=O) groups is 1.